The molecule has 9 heteroatoms. The van der Waals surface area contributed by atoms with Gasteiger partial charge in [-0.15, -0.1) is 12.4 Å². The zero-order chi connectivity index (χ0) is 33.8. The van der Waals surface area contributed by atoms with E-state index in [1.54, 1.807) is 11.6 Å². The summed E-state index contributed by atoms with van der Waals surface area (Å²) in [6.45, 7) is 19.4. The van der Waals surface area contributed by atoms with E-state index in [4.69, 9.17) is 10.6 Å². The van der Waals surface area contributed by atoms with Gasteiger partial charge in [0.05, 0.1) is 12.3 Å². The van der Waals surface area contributed by atoms with Crippen LogP contribution in [0.5, 0.6) is 0 Å². The number of aromatic nitrogens is 2. The molecule has 0 spiro atoms. The number of carbonyl (C=O) groups is 2. The van der Waals surface area contributed by atoms with Crippen LogP contribution >= 0.6 is 12.4 Å². The number of carbonyl (C=O) groups excluding carboxylic acids is 2. The van der Waals surface area contributed by atoms with Gasteiger partial charge in [0.15, 0.2) is 5.78 Å². The zero-order valence-electron chi connectivity index (χ0n) is 29.5. The number of H-pyrrole nitrogens is 1. The summed E-state index contributed by atoms with van der Waals surface area (Å²) in [6.07, 6.45) is 4.20. The fourth-order valence-electron chi connectivity index (χ4n) is 8.76. The number of anilines is 1. The predicted molar refractivity (Wildman–Crippen MR) is 190 cm³/mol. The van der Waals surface area contributed by atoms with E-state index in [-0.39, 0.29) is 57.3 Å². The van der Waals surface area contributed by atoms with Crippen molar-refractivity contribution in [1.29, 1.82) is 0 Å². The molecule has 5 atom stereocenters. The molecule has 47 heavy (non-hydrogen) atoms. The molecule has 4 N–H and O–H groups in total. The number of nitrogen functional groups attached to an aromatic ring is 1. The van der Waals surface area contributed by atoms with Crippen LogP contribution in [0, 0.1) is 41.9 Å². The van der Waals surface area contributed by atoms with Gasteiger partial charge in [0.25, 0.3) is 5.56 Å². The van der Waals surface area contributed by atoms with Crippen LogP contribution in [-0.2, 0) is 19.7 Å². The van der Waals surface area contributed by atoms with E-state index in [0.29, 0.717) is 12.5 Å². The molecule has 256 valence electrons. The number of rotatable bonds is 4. The number of aryl methyl sites for hydroxylation is 2. The minimum atomic E-state index is -0.506. The van der Waals surface area contributed by atoms with E-state index in [1.807, 2.05) is 62.4 Å². The Labute approximate surface area is 285 Å². The largest absolute Gasteiger partial charge is 0.465 e. The van der Waals surface area contributed by atoms with Crippen molar-refractivity contribution in [1.82, 2.24) is 9.78 Å². The predicted octanol–water partition coefficient (Wildman–Crippen LogP) is 7.54. The average molecular weight is 665 g/mol. The van der Waals surface area contributed by atoms with Crippen molar-refractivity contribution in [3.63, 3.8) is 0 Å². The Hall–Kier alpha value is -3.36. The van der Waals surface area contributed by atoms with Gasteiger partial charge in [-0.25, -0.2) is 4.68 Å². The zero-order valence-corrected chi connectivity index (χ0v) is 30.3. The van der Waals surface area contributed by atoms with Gasteiger partial charge < -0.3 is 10.2 Å². The van der Waals surface area contributed by atoms with Crippen molar-refractivity contribution >= 4 is 29.8 Å². The van der Waals surface area contributed by atoms with Crippen molar-refractivity contribution < 1.29 is 14.3 Å². The molecule has 1 aromatic heterocycles. The number of aromatic amines is 1. The van der Waals surface area contributed by atoms with Gasteiger partial charge in [0, 0.05) is 27.8 Å². The number of hydrazine groups is 1. The van der Waals surface area contributed by atoms with Gasteiger partial charge in [-0.2, -0.15) is 0 Å². The highest BCUT2D eigenvalue weighted by atomic mass is 35.5. The molecule has 0 aliphatic heterocycles. The van der Waals surface area contributed by atoms with E-state index in [0.717, 1.165) is 36.2 Å². The molecular weight excluding hydrogens is 612 g/mol. The fourth-order valence-corrected chi connectivity index (χ4v) is 8.76. The third kappa shape index (κ3) is 5.65. The Morgan fingerprint density at radius 3 is 1.94 bits per heavy atom. The second-order valence-corrected chi connectivity index (χ2v) is 15.3. The minimum absolute atomic E-state index is 0. The van der Waals surface area contributed by atoms with Crippen LogP contribution in [0.4, 0.5) is 5.69 Å². The Balaban J connectivity index is 0.000000171. The van der Waals surface area contributed by atoms with Crippen molar-refractivity contribution in [2.24, 2.45) is 33.9 Å². The van der Waals surface area contributed by atoms with Gasteiger partial charge in [-0.1, -0.05) is 76.9 Å². The number of halogens is 1. The lowest BCUT2D eigenvalue weighted by atomic mass is 9.70. The van der Waals surface area contributed by atoms with Crippen LogP contribution < -0.4 is 16.8 Å². The highest BCUT2D eigenvalue weighted by Gasteiger charge is 2.68. The number of Topliss-reactive ketones (excluding diaryl/α,β-unsaturated/α-hetero) is 1. The third-order valence-corrected chi connectivity index (χ3v) is 12.6. The van der Waals surface area contributed by atoms with Crippen molar-refractivity contribution in [3.8, 4) is 5.69 Å². The van der Waals surface area contributed by atoms with Gasteiger partial charge in [-0.3, -0.25) is 25.3 Å². The molecule has 4 bridgehead atoms. The summed E-state index contributed by atoms with van der Waals surface area (Å²) in [5.41, 5.74) is 9.13. The number of esters is 1. The minimum Gasteiger partial charge on any atom is -0.465 e. The van der Waals surface area contributed by atoms with Gasteiger partial charge in [0.2, 0.25) is 0 Å². The molecule has 0 saturated heterocycles. The first-order valence-corrected chi connectivity index (χ1v) is 16.7. The van der Waals surface area contributed by atoms with Gasteiger partial charge in [-0.05, 0) is 93.4 Å². The second-order valence-electron chi connectivity index (χ2n) is 15.3. The number of fused-ring (bicyclic) bond motifs is 7. The maximum Gasteiger partial charge on any atom is 0.316 e. The lowest BCUT2D eigenvalue weighted by Crippen LogP contribution is -2.36. The lowest BCUT2D eigenvalue weighted by Gasteiger charge is -2.34. The normalized spacial score (nSPS) is 28.3. The van der Waals surface area contributed by atoms with Gasteiger partial charge in [0.1, 0.15) is 5.92 Å². The SMILES string of the molecule is CCOC(=O)C1C(=O)[C@]2(C)CC[C@H]1C2(C)C.Cc1ccc(-n2[nH]c3c(c2=O)[C@H]2CC[C@]3(C)C2(C)C)cc1.Cc1ccc(NN)cc1.Cl. The first kappa shape index (κ1) is 36.5. The lowest BCUT2D eigenvalue weighted by molar-refractivity contribution is -0.154. The van der Waals surface area contributed by atoms with Crippen LogP contribution in [0.2, 0.25) is 0 Å². The quantitative estimate of drug-likeness (QED) is 0.115. The number of ether oxygens (including phenoxy) is 1. The molecule has 4 aliphatic carbocycles. The van der Waals surface area contributed by atoms with E-state index >= 15 is 0 Å². The van der Waals surface area contributed by atoms with Crippen LogP contribution in [-0.4, -0.2) is 28.1 Å². The summed E-state index contributed by atoms with van der Waals surface area (Å²) in [5, 5.41) is 3.43. The molecular formula is C38H53ClN4O4. The average Bonchev–Trinajstić information content (AvgIpc) is 3.65. The summed E-state index contributed by atoms with van der Waals surface area (Å²) < 4.78 is 6.76. The molecule has 1 unspecified atom stereocenters. The Bertz CT molecular complexity index is 1670. The van der Waals surface area contributed by atoms with Crippen molar-refractivity contribution in [2.75, 3.05) is 12.0 Å². The molecule has 0 radical (unpaired) electrons. The fraction of sp³-hybridized carbons (Fsp3) is 0.553. The molecule has 3 saturated carbocycles. The number of nitrogens with two attached hydrogens (primary N) is 1. The number of ketones is 1. The second kappa shape index (κ2) is 12.9. The van der Waals surface area contributed by atoms with Crippen molar-refractivity contribution in [3.05, 3.63) is 81.3 Å². The number of nitrogens with zero attached hydrogens (tertiary/aromatic N) is 1. The number of benzene rings is 2. The van der Waals surface area contributed by atoms with Crippen LogP contribution in [0.1, 0.15) is 102 Å². The standard InChI is InChI=1S/C18H22N2O.C13H20O3.C7H10N2.ClH/c1-11-5-7-12(8-6-11)20-16(21)14-13-9-10-18(4,15(14)19-20)17(13,2)3;1-5-16-11(15)9-8-6-7-13(4,10(9)14)12(8,2)3;1-6-2-4-7(9-8)5-3-6;/h5-8,13,19H,9-10H2,1-4H3;8-9H,5-7H2,1-4H3;2-5,9H,8H2,1H3;1H/t13-,18+;8-,9?,13+;;/m11../s1. The monoisotopic (exact) mass is 664 g/mol. The smallest absolute Gasteiger partial charge is 0.316 e. The van der Waals surface area contributed by atoms with Gasteiger partial charge >= 0.3 is 5.97 Å². The Kier molecular flexibility index (Phi) is 10.0. The van der Waals surface area contributed by atoms with Crippen LogP contribution in [0.15, 0.2) is 53.3 Å². The molecule has 4 aliphatic rings. The van der Waals surface area contributed by atoms with E-state index in [9.17, 15) is 14.4 Å². The summed E-state index contributed by atoms with van der Waals surface area (Å²) in [6, 6.07) is 16.0. The van der Waals surface area contributed by atoms with Crippen molar-refractivity contribution in [2.45, 2.75) is 99.3 Å². The first-order valence-electron chi connectivity index (χ1n) is 16.7. The molecule has 7 rings (SSSR count). The number of hydrogen-bond acceptors (Lipinski definition) is 6. The Morgan fingerprint density at radius 2 is 1.45 bits per heavy atom. The highest BCUT2D eigenvalue weighted by Crippen LogP contribution is 2.67. The van der Waals surface area contributed by atoms with E-state index in [1.165, 1.54) is 23.2 Å². The summed E-state index contributed by atoms with van der Waals surface area (Å²) in [7, 11) is 0. The maximum absolute atomic E-state index is 12.9. The maximum atomic E-state index is 12.9. The first-order chi connectivity index (χ1) is 21.5. The summed E-state index contributed by atoms with van der Waals surface area (Å²) in [4.78, 5) is 37.1. The Morgan fingerprint density at radius 1 is 0.894 bits per heavy atom. The third-order valence-electron chi connectivity index (χ3n) is 12.6. The van der Waals surface area contributed by atoms with E-state index in [2.05, 4.69) is 52.1 Å². The highest BCUT2D eigenvalue weighted by molar-refractivity contribution is 6.05. The van der Waals surface area contributed by atoms with E-state index < -0.39 is 5.92 Å². The molecule has 3 aromatic rings. The molecule has 0 amide bonds. The number of hydrogen-bond donors (Lipinski definition) is 3. The van der Waals surface area contributed by atoms with Crippen LogP contribution in [0.25, 0.3) is 5.69 Å². The van der Waals surface area contributed by atoms with Crippen LogP contribution in [0.3, 0.4) is 0 Å². The molecule has 3 fully saturated rings. The molecule has 1 heterocycles. The summed E-state index contributed by atoms with van der Waals surface area (Å²) >= 11 is 0. The number of nitrogens with one attached hydrogen (secondary N) is 2. The summed E-state index contributed by atoms with van der Waals surface area (Å²) in [5.74, 6) is 5.00. The molecule has 8 nitrogen and oxygen atoms in total. The topological polar surface area (TPSA) is 119 Å². The molecule has 2 aromatic carbocycles.